The number of methoxy groups -OCH3 is 1. The average Bonchev–Trinajstić information content (AvgIpc) is 3.02. The molecule has 33 heavy (non-hydrogen) atoms. The van der Waals surface area contributed by atoms with Gasteiger partial charge < -0.3 is 24.6 Å². The molecule has 0 spiro atoms. The number of halogens is 1. The molecule has 0 radical (unpaired) electrons. The molecule has 0 atom stereocenters. The smallest absolute Gasteiger partial charge is 0.321 e. The minimum Gasteiger partial charge on any atom is -0.493 e. The molecule has 0 aliphatic carbocycles. The van der Waals surface area contributed by atoms with Crippen molar-refractivity contribution in [2.75, 3.05) is 38.6 Å². The number of hydrogen-bond acceptors (Lipinski definition) is 5. The molecule has 8 heteroatoms. The summed E-state index contributed by atoms with van der Waals surface area (Å²) in [7, 11) is 1.62. The molecule has 0 aromatic heterocycles. The van der Waals surface area contributed by atoms with E-state index in [9.17, 15) is 9.18 Å². The van der Waals surface area contributed by atoms with Gasteiger partial charge in [-0.15, -0.1) is 0 Å². The molecule has 2 aliphatic heterocycles. The van der Waals surface area contributed by atoms with Crippen LogP contribution in [0.3, 0.4) is 0 Å². The number of para-hydroxylation sites is 3. The Kier molecular flexibility index (Phi) is 5.56. The van der Waals surface area contributed by atoms with Crippen LogP contribution >= 0.6 is 0 Å². The fourth-order valence-corrected chi connectivity index (χ4v) is 3.98. The second-order valence-electron chi connectivity index (χ2n) is 7.75. The van der Waals surface area contributed by atoms with E-state index in [-0.39, 0.29) is 11.8 Å². The van der Waals surface area contributed by atoms with Gasteiger partial charge in [-0.1, -0.05) is 18.2 Å². The molecule has 5 rings (SSSR count). The van der Waals surface area contributed by atoms with Gasteiger partial charge in [0.1, 0.15) is 17.3 Å². The molecule has 1 saturated heterocycles. The number of fused-ring (bicyclic) bond motifs is 2. The molecule has 0 saturated carbocycles. The van der Waals surface area contributed by atoms with Gasteiger partial charge in [-0.25, -0.2) is 14.2 Å². The molecule has 3 aromatic carbocycles. The third kappa shape index (κ3) is 4.19. The Morgan fingerprint density at radius 3 is 2.52 bits per heavy atom. The molecule has 2 heterocycles. The molecule has 2 amide bonds. The Balaban J connectivity index is 1.37. The van der Waals surface area contributed by atoms with Gasteiger partial charge in [-0.05, 0) is 48.5 Å². The molecule has 3 aromatic rings. The lowest BCUT2D eigenvalue weighted by Gasteiger charge is -2.36. The van der Waals surface area contributed by atoms with Gasteiger partial charge in [0.05, 0.1) is 12.7 Å². The number of amidine groups is 1. The lowest BCUT2D eigenvalue weighted by atomic mass is 10.1. The Hall–Kier alpha value is -4.07. The van der Waals surface area contributed by atoms with Crippen molar-refractivity contribution < 1.29 is 18.7 Å². The van der Waals surface area contributed by atoms with Crippen molar-refractivity contribution in [3.05, 3.63) is 78.1 Å². The van der Waals surface area contributed by atoms with E-state index in [0.717, 1.165) is 17.1 Å². The van der Waals surface area contributed by atoms with Crippen molar-refractivity contribution in [3.8, 4) is 17.2 Å². The predicted octanol–water partition coefficient (Wildman–Crippen LogP) is 4.87. The maximum absolute atomic E-state index is 13.1. The molecule has 2 aliphatic rings. The quantitative estimate of drug-likeness (QED) is 0.610. The predicted molar refractivity (Wildman–Crippen MR) is 124 cm³/mol. The lowest BCUT2D eigenvalue weighted by Crippen LogP contribution is -2.51. The van der Waals surface area contributed by atoms with Gasteiger partial charge in [-0.3, -0.25) is 0 Å². The zero-order chi connectivity index (χ0) is 22.8. The SMILES string of the molecule is COc1cccc2c1Oc1ccccc1N=C2N1CCN(C(=O)Nc2ccc(F)cc2)CC1. The number of nitrogens with zero attached hydrogens (tertiary/aromatic N) is 3. The molecular formula is C25H23FN4O3. The molecular weight excluding hydrogens is 423 g/mol. The standard InChI is InChI=1S/C25H23FN4O3/c1-32-22-8-4-5-19-23(22)33-21-7-3-2-6-20(21)28-24(19)29-13-15-30(16-14-29)25(31)27-18-11-9-17(26)10-12-18/h2-12H,13-16H2,1H3,(H,27,31). The highest BCUT2D eigenvalue weighted by Crippen LogP contribution is 2.42. The zero-order valence-electron chi connectivity index (χ0n) is 18.1. The van der Waals surface area contributed by atoms with Gasteiger partial charge in [0.2, 0.25) is 0 Å². The summed E-state index contributed by atoms with van der Waals surface area (Å²) in [5.74, 6) is 2.37. The summed E-state index contributed by atoms with van der Waals surface area (Å²) < 4.78 is 24.9. The van der Waals surface area contributed by atoms with Crippen molar-refractivity contribution in [3.63, 3.8) is 0 Å². The van der Waals surface area contributed by atoms with Crippen molar-refractivity contribution in [1.82, 2.24) is 9.80 Å². The van der Waals surface area contributed by atoms with E-state index in [4.69, 9.17) is 14.5 Å². The van der Waals surface area contributed by atoms with E-state index >= 15 is 0 Å². The maximum atomic E-state index is 13.1. The number of carbonyl (C=O) groups is 1. The van der Waals surface area contributed by atoms with E-state index < -0.39 is 0 Å². The summed E-state index contributed by atoms with van der Waals surface area (Å²) >= 11 is 0. The second-order valence-corrected chi connectivity index (χ2v) is 7.75. The number of benzene rings is 3. The molecule has 0 unspecified atom stereocenters. The molecule has 7 nitrogen and oxygen atoms in total. The fraction of sp³-hybridized carbons (Fsp3) is 0.200. The maximum Gasteiger partial charge on any atom is 0.321 e. The number of carbonyl (C=O) groups excluding carboxylic acids is 1. The van der Waals surface area contributed by atoms with Crippen molar-refractivity contribution >= 4 is 23.2 Å². The number of hydrogen-bond donors (Lipinski definition) is 1. The van der Waals surface area contributed by atoms with Crippen molar-refractivity contribution in [2.45, 2.75) is 0 Å². The van der Waals surface area contributed by atoms with E-state index in [1.807, 2.05) is 42.5 Å². The number of piperazine rings is 1. The van der Waals surface area contributed by atoms with Crippen molar-refractivity contribution in [2.24, 2.45) is 4.99 Å². The third-order valence-electron chi connectivity index (χ3n) is 5.71. The van der Waals surface area contributed by atoms with Crippen LogP contribution in [-0.4, -0.2) is 55.0 Å². The number of rotatable bonds is 2. The van der Waals surface area contributed by atoms with Crippen LogP contribution in [0, 0.1) is 5.82 Å². The number of anilines is 1. The van der Waals surface area contributed by atoms with Gasteiger partial charge in [0.25, 0.3) is 0 Å². The molecule has 0 bridgehead atoms. The first-order valence-corrected chi connectivity index (χ1v) is 10.7. The van der Waals surface area contributed by atoms with Gasteiger partial charge in [0.15, 0.2) is 17.2 Å². The van der Waals surface area contributed by atoms with Crippen LogP contribution in [-0.2, 0) is 0 Å². The zero-order valence-corrected chi connectivity index (χ0v) is 18.1. The number of nitrogens with one attached hydrogen (secondary N) is 1. The summed E-state index contributed by atoms with van der Waals surface area (Å²) in [5, 5.41) is 2.82. The van der Waals surface area contributed by atoms with E-state index in [1.54, 1.807) is 24.1 Å². The largest absolute Gasteiger partial charge is 0.493 e. The summed E-state index contributed by atoms with van der Waals surface area (Å²) in [6.45, 7) is 2.25. The van der Waals surface area contributed by atoms with Crippen LogP contribution in [0.2, 0.25) is 0 Å². The second kappa shape index (κ2) is 8.82. The Labute approximate surface area is 191 Å². The minimum atomic E-state index is -0.340. The Bertz CT molecular complexity index is 1200. The van der Waals surface area contributed by atoms with Crippen LogP contribution < -0.4 is 14.8 Å². The van der Waals surface area contributed by atoms with Crippen LogP contribution in [0.25, 0.3) is 0 Å². The summed E-state index contributed by atoms with van der Waals surface area (Å²) in [4.78, 5) is 21.5. The van der Waals surface area contributed by atoms with E-state index in [2.05, 4.69) is 10.2 Å². The first kappa shape index (κ1) is 20.8. The van der Waals surface area contributed by atoms with Crippen LogP contribution in [0.1, 0.15) is 5.56 Å². The molecule has 168 valence electrons. The van der Waals surface area contributed by atoms with Crippen LogP contribution in [0.5, 0.6) is 17.2 Å². The lowest BCUT2D eigenvalue weighted by molar-refractivity contribution is 0.181. The normalized spacial score (nSPS) is 14.9. The monoisotopic (exact) mass is 446 g/mol. The number of aliphatic imine (C=N–C) groups is 1. The molecule has 1 N–H and O–H groups in total. The minimum absolute atomic E-state index is 0.209. The van der Waals surface area contributed by atoms with E-state index in [0.29, 0.717) is 49.1 Å². The molecule has 1 fully saturated rings. The fourth-order valence-electron chi connectivity index (χ4n) is 3.98. The average molecular weight is 446 g/mol. The van der Waals surface area contributed by atoms with Gasteiger partial charge in [0, 0.05) is 31.9 Å². The first-order valence-electron chi connectivity index (χ1n) is 10.7. The van der Waals surface area contributed by atoms with Gasteiger partial charge in [-0.2, -0.15) is 0 Å². The van der Waals surface area contributed by atoms with Gasteiger partial charge >= 0.3 is 6.03 Å². The van der Waals surface area contributed by atoms with E-state index in [1.165, 1.54) is 12.1 Å². The summed E-state index contributed by atoms with van der Waals surface area (Å²) in [6.07, 6.45) is 0. The highest BCUT2D eigenvalue weighted by atomic mass is 19.1. The summed E-state index contributed by atoms with van der Waals surface area (Å²) in [5.41, 5.74) is 2.14. The third-order valence-corrected chi connectivity index (χ3v) is 5.71. The Morgan fingerprint density at radius 2 is 1.76 bits per heavy atom. The van der Waals surface area contributed by atoms with Crippen LogP contribution in [0.4, 0.5) is 20.6 Å². The van der Waals surface area contributed by atoms with Crippen molar-refractivity contribution in [1.29, 1.82) is 0 Å². The number of ether oxygens (including phenoxy) is 2. The first-order chi connectivity index (χ1) is 16.1. The highest BCUT2D eigenvalue weighted by Gasteiger charge is 2.29. The van der Waals surface area contributed by atoms with Crippen LogP contribution in [0.15, 0.2) is 71.7 Å². The number of urea groups is 1. The number of amides is 2. The summed E-state index contributed by atoms with van der Waals surface area (Å²) in [6, 6.07) is 18.9. The highest BCUT2D eigenvalue weighted by molar-refractivity contribution is 6.04. The topological polar surface area (TPSA) is 66.4 Å². The Morgan fingerprint density at radius 1 is 1.00 bits per heavy atom.